The highest BCUT2D eigenvalue weighted by molar-refractivity contribution is 5.87. The molecule has 0 atom stereocenters. The normalized spacial score (nSPS) is 10.6. The number of carboxylic acid groups (broad SMARTS) is 1. The van der Waals surface area contributed by atoms with Gasteiger partial charge < -0.3 is 10.2 Å². The van der Waals surface area contributed by atoms with Crippen LogP contribution in [0.4, 0.5) is 5.69 Å². The number of carboxylic acids is 1. The largest absolute Gasteiger partial charge is 0.507 e. The third kappa shape index (κ3) is 3.34. The van der Waals surface area contributed by atoms with Crippen LogP contribution < -0.4 is 0 Å². The lowest BCUT2D eigenvalue weighted by Crippen LogP contribution is -2.02. The van der Waals surface area contributed by atoms with Crippen molar-refractivity contribution in [1.82, 2.24) is 14.8 Å². The van der Waals surface area contributed by atoms with E-state index in [2.05, 4.69) is 15.3 Å². The topological polar surface area (TPSA) is 118 Å². The molecule has 8 nitrogen and oxygen atoms in total. The number of nitrogens with zero attached hydrogens (tertiary/aromatic N) is 4. The maximum atomic E-state index is 11.2. The van der Waals surface area contributed by atoms with Crippen molar-refractivity contribution in [2.75, 3.05) is 0 Å². The van der Waals surface area contributed by atoms with E-state index in [0.717, 1.165) is 0 Å². The van der Waals surface area contributed by atoms with Crippen LogP contribution in [0.2, 0.25) is 0 Å². The monoisotopic (exact) mass is 386 g/mol. The average molecular weight is 386 g/mol. The predicted octanol–water partition coefficient (Wildman–Crippen LogP) is 4.40. The number of aromatic hydroxyl groups is 1. The number of para-hydroxylation sites is 1. The fraction of sp³-hybridized carbons (Fsp3) is 0. The van der Waals surface area contributed by atoms with E-state index in [0.29, 0.717) is 22.6 Å². The third-order valence-corrected chi connectivity index (χ3v) is 4.35. The number of phenolic OH excluding ortho intramolecular Hbond substituents is 1. The molecule has 0 aliphatic carbocycles. The molecule has 8 heteroatoms. The second kappa shape index (κ2) is 7.35. The van der Waals surface area contributed by atoms with E-state index in [1.54, 1.807) is 54.6 Å². The van der Waals surface area contributed by atoms with Crippen LogP contribution in [0, 0.1) is 4.91 Å². The van der Waals surface area contributed by atoms with Gasteiger partial charge in [0, 0.05) is 0 Å². The lowest BCUT2D eigenvalue weighted by atomic mass is 10.1. The number of hydrogen-bond donors (Lipinski definition) is 2. The lowest BCUT2D eigenvalue weighted by Gasteiger charge is -2.07. The highest BCUT2D eigenvalue weighted by atomic mass is 16.4. The molecule has 0 saturated heterocycles. The van der Waals surface area contributed by atoms with Gasteiger partial charge in [0.1, 0.15) is 11.4 Å². The molecule has 3 aromatic carbocycles. The molecule has 2 N–H and O–H groups in total. The standard InChI is InChI=1S/C21H14N4O4/c26-18-8-4-2-6-16(18)20-22-19(15-5-1-3-7-17(15)24-29)23-25(20)14-11-9-13(10-12-14)21(27)28/h1-12,26H,(H,27,28). The van der Waals surface area contributed by atoms with Gasteiger partial charge in [0.2, 0.25) is 0 Å². The summed E-state index contributed by atoms with van der Waals surface area (Å²) in [5.41, 5.74) is 1.75. The molecule has 0 saturated carbocycles. The number of aromatic nitrogens is 3. The molecule has 1 heterocycles. The summed E-state index contributed by atoms with van der Waals surface area (Å²) in [7, 11) is 0. The summed E-state index contributed by atoms with van der Waals surface area (Å²) >= 11 is 0. The van der Waals surface area contributed by atoms with Crippen LogP contribution in [-0.4, -0.2) is 30.9 Å². The second-order valence-electron chi connectivity index (χ2n) is 6.15. The van der Waals surface area contributed by atoms with Crippen molar-refractivity contribution >= 4 is 11.7 Å². The molecule has 1 aromatic heterocycles. The molecule has 4 aromatic rings. The zero-order valence-electron chi connectivity index (χ0n) is 14.9. The van der Waals surface area contributed by atoms with Crippen molar-refractivity contribution in [3.05, 3.63) is 83.3 Å². The molecular formula is C21H14N4O4. The van der Waals surface area contributed by atoms with Gasteiger partial charge in [-0.25, -0.2) is 14.5 Å². The van der Waals surface area contributed by atoms with Crippen LogP contribution >= 0.6 is 0 Å². The highest BCUT2D eigenvalue weighted by Gasteiger charge is 2.19. The van der Waals surface area contributed by atoms with Gasteiger partial charge in [0.15, 0.2) is 11.6 Å². The first-order valence-corrected chi connectivity index (χ1v) is 8.60. The van der Waals surface area contributed by atoms with Crippen LogP contribution in [0.5, 0.6) is 5.75 Å². The summed E-state index contributed by atoms with van der Waals surface area (Å²) in [5, 5.41) is 26.9. The smallest absolute Gasteiger partial charge is 0.335 e. The Morgan fingerprint density at radius 2 is 1.55 bits per heavy atom. The number of rotatable bonds is 5. The number of carbonyl (C=O) groups is 1. The summed E-state index contributed by atoms with van der Waals surface area (Å²) in [4.78, 5) is 26.8. The molecule has 29 heavy (non-hydrogen) atoms. The molecule has 0 aliphatic heterocycles. The number of phenols is 1. The van der Waals surface area contributed by atoms with E-state index >= 15 is 0 Å². The minimum atomic E-state index is -1.04. The van der Waals surface area contributed by atoms with Crippen molar-refractivity contribution in [3.63, 3.8) is 0 Å². The Morgan fingerprint density at radius 3 is 2.21 bits per heavy atom. The van der Waals surface area contributed by atoms with Crippen LogP contribution in [0.3, 0.4) is 0 Å². The zero-order valence-corrected chi connectivity index (χ0v) is 14.9. The Bertz CT molecular complexity index is 1220. The number of hydrogen-bond acceptors (Lipinski definition) is 6. The molecule has 0 spiro atoms. The van der Waals surface area contributed by atoms with Gasteiger partial charge in [-0.1, -0.05) is 24.3 Å². The Labute approximate surface area is 164 Å². The number of benzene rings is 3. The summed E-state index contributed by atoms with van der Waals surface area (Å²) in [6.45, 7) is 0. The van der Waals surface area contributed by atoms with Crippen molar-refractivity contribution in [1.29, 1.82) is 0 Å². The molecular weight excluding hydrogens is 372 g/mol. The van der Waals surface area contributed by atoms with E-state index in [-0.39, 0.29) is 22.8 Å². The maximum Gasteiger partial charge on any atom is 0.335 e. The summed E-state index contributed by atoms with van der Waals surface area (Å²) < 4.78 is 1.48. The van der Waals surface area contributed by atoms with Crippen LogP contribution in [0.15, 0.2) is 78.0 Å². The fourth-order valence-corrected chi connectivity index (χ4v) is 2.93. The molecule has 142 valence electrons. The molecule has 0 bridgehead atoms. The minimum Gasteiger partial charge on any atom is -0.507 e. The van der Waals surface area contributed by atoms with E-state index in [1.807, 2.05) is 0 Å². The zero-order chi connectivity index (χ0) is 20.4. The van der Waals surface area contributed by atoms with Crippen molar-refractivity contribution in [3.8, 4) is 34.2 Å². The van der Waals surface area contributed by atoms with E-state index in [9.17, 15) is 14.8 Å². The summed E-state index contributed by atoms with van der Waals surface area (Å²) in [6, 6.07) is 19.4. The molecule has 4 rings (SSSR count). The Balaban J connectivity index is 1.93. The summed E-state index contributed by atoms with van der Waals surface area (Å²) in [6.07, 6.45) is 0. The van der Waals surface area contributed by atoms with Crippen LogP contribution in [0.1, 0.15) is 10.4 Å². The van der Waals surface area contributed by atoms with Gasteiger partial charge >= 0.3 is 5.97 Å². The second-order valence-corrected chi connectivity index (χ2v) is 6.15. The Morgan fingerprint density at radius 1 is 0.897 bits per heavy atom. The van der Waals surface area contributed by atoms with Gasteiger partial charge in [-0.05, 0) is 53.7 Å². The molecule has 0 aliphatic rings. The first-order chi connectivity index (χ1) is 14.1. The van der Waals surface area contributed by atoms with Gasteiger partial charge in [-0.3, -0.25) is 0 Å². The molecule has 0 amide bonds. The number of nitroso groups, excluding NO2 is 1. The van der Waals surface area contributed by atoms with Gasteiger partial charge in [0.05, 0.1) is 22.4 Å². The Hall–Kier alpha value is -4.33. The van der Waals surface area contributed by atoms with Gasteiger partial charge in [-0.2, -0.15) is 0 Å². The quantitative estimate of drug-likeness (QED) is 0.491. The van der Waals surface area contributed by atoms with Crippen molar-refractivity contribution in [2.45, 2.75) is 0 Å². The van der Waals surface area contributed by atoms with E-state index in [1.165, 1.54) is 22.9 Å². The first-order valence-electron chi connectivity index (χ1n) is 8.60. The maximum absolute atomic E-state index is 11.2. The SMILES string of the molecule is O=Nc1ccccc1-c1nc(-c2ccccc2O)n(-c2ccc(C(=O)O)cc2)n1. The lowest BCUT2D eigenvalue weighted by molar-refractivity contribution is 0.0697. The minimum absolute atomic E-state index is 0.0108. The molecule has 0 radical (unpaired) electrons. The predicted molar refractivity (Wildman–Crippen MR) is 106 cm³/mol. The van der Waals surface area contributed by atoms with Crippen LogP contribution in [-0.2, 0) is 0 Å². The fourth-order valence-electron chi connectivity index (χ4n) is 2.93. The van der Waals surface area contributed by atoms with Crippen molar-refractivity contribution in [2.24, 2.45) is 5.18 Å². The van der Waals surface area contributed by atoms with Crippen LogP contribution in [0.25, 0.3) is 28.5 Å². The highest BCUT2D eigenvalue weighted by Crippen LogP contribution is 2.33. The van der Waals surface area contributed by atoms with Gasteiger partial charge in [0.25, 0.3) is 0 Å². The third-order valence-electron chi connectivity index (χ3n) is 4.35. The van der Waals surface area contributed by atoms with E-state index in [4.69, 9.17) is 5.11 Å². The van der Waals surface area contributed by atoms with Crippen molar-refractivity contribution < 1.29 is 15.0 Å². The molecule has 0 unspecified atom stereocenters. The van der Waals surface area contributed by atoms with Gasteiger partial charge in [-0.15, -0.1) is 10.0 Å². The summed E-state index contributed by atoms with van der Waals surface area (Å²) in [5.74, 6) is -0.443. The van der Waals surface area contributed by atoms with E-state index < -0.39 is 5.97 Å². The number of aromatic carboxylic acids is 1. The Kier molecular flexibility index (Phi) is 4.58. The average Bonchev–Trinajstić information content (AvgIpc) is 3.19. The molecule has 0 fully saturated rings. The first kappa shape index (κ1) is 18.1.